The maximum Gasteiger partial charge on any atom is 0.339 e. The molecule has 9 nitrogen and oxygen atoms in total. The summed E-state index contributed by atoms with van der Waals surface area (Å²) in [6, 6.07) is 14.7. The number of anilines is 1. The van der Waals surface area contributed by atoms with Crippen LogP contribution in [0.4, 0.5) is 10.5 Å². The minimum Gasteiger partial charge on any atom is -0.497 e. The van der Waals surface area contributed by atoms with Gasteiger partial charge in [0.2, 0.25) is 5.91 Å². The Kier molecular flexibility index (Phi) is 8.00. The number of imide groups is 1. The first-order valence-corrected chi connectivity index (χ1v) is 12.2. The Morgan fingerprint density at radius 2 is 1.86 bits per heavy atom. The van der Waals surface area contributed by atoms with Crippen molar-refractivity contribution in [2.45, 2.75) is 6.92 Å². The number of carbonyl (C=O) groups is 4. The molecule has 1 aliphatic heterocycles. The van der Waals surface area contributed by atoms with Crippen molar-refractivity contribution in [2.75, 3.05) is 25.6 Å². The molecule has 1 fully saturated rings. The van der Waals surface area contributed by atoms with Crippen LogP contribution in [0.5, 0.6) is 5.75 Å². The number of hydrogen-bond donors (Lipinski definition) is 1. The highest BCUT2D eigenvalue weighted by Gasteiger charge is 2.36. The second kappa shape index (κ2) is 11.4. The Labute approximate surface area is 221 Å². The van der Waals surface area contributed by atoms with Crippen LogP contribution in [0.1, 0.15) is 23.0 Å². The molecule has 11 heteroatoms. The molecule has 0 spiro atoms. The first-order chi connectivity index (χ1) is 17.8. The van der Waals surface area contributed by atoms with E-state index in [2.05, 4.69) is 5.32 Å². The van der Waals surface area contributed by atoms with Gasteiger partial charge in [0.05, 0.1) is 29.2 Å². The third-order valence-electron chi connectivity index (χ3n) is 5.20. The Bertz CT molecular complexity index is 1400. The molecular formula is C26H21ClN2O7S. The summed E-state index contributed by atoms with van der Waals surface area (Å²) in [5.41, 5.74) is 1.29. The number of benzene rings is 2. The van der Waals surface area contributed by atoms with E-state index in [0.717, 1.165) is 4.90 Å². The summed E-state index contributed by atoms with van der Waals surface area (Å²) < 4.78 is 15.9. The zero-order chi connectivity index (χ0) is 26.5. The topological polar surface area (TPSA) is 115 Å². The Morgan fingerprint density at radius 3 is 2.57 bits per heavy atom. The van der Waals surface area contributed by atoms with Gasteiger partial charge in [0.25, 0.3) is 11.1 Å². The lowest BCUT2D eigenvalue weighted by Gasteiger charge is -2.12. The van der Waals surface area contributed by atoms with Gasteiger partial charge < -0.3 is 19.2 Å². The van der Waals surface area contributed by atoms with E-state index in [4.69, 9.17) is 25.5 Å². The fourth-order valence-corrected chi connectivity index (χ4v) is 4.43. The number of nitrogens with one attached hydrogen (secondary N) is 1. The Morgan fingerprint density at radius 1 is 1.11 bits per heavy atom. The predicted octanol–water partition coefficient (Wildman–Crippen LogP) is 5.46. The highest BCUT2D eigenvalue weighted by Crippen LogP contribution is 2.34. The molecule has 0 atom stereocenters. The van der Waals surface area contributed by atoms with Crippen LogP contribution in [0.3, 0.4) is 0 Å². The fourth-order valence-electron chi connectivity index (χ4n) is 3.41. The molecule has 1 N–H and O–H groups in total. The number of esters is 1. The maximum atomic E-state index is 12.8. The van der Waals surface area contributed by atoms with Gasteiger partial charge in [-0.2, -0.15) is 0 Å². The largest absolute Gasteiger partial charge is 0.497 e. The standard InChI is InChI=1S/C26H21ClN2O7S/c1-3-35-25(32)19-12-15(4-10-20(19)27)21-11-9-18(36-21)13-22-24(31)29(26(33)37-22)14-23(30)28-16-5-7-17(34-2)8-6-16/h4-13H,3,14H2,1-2H3,(H,28,30)/b22-13+. The van der Waals surface area contributed by atoms with Crippen LogP contribution in [-0.4, -0.2) is 48.2 Å². The quantitative estimate of drug-likeness (QED) is 0.296. The van der Waals surface area contributed by atoms with Crippen molar-refractivity contribution in [1.82, 2.24) is 4.90 Å². The molecule has 0 bridgehead atoms. The molecule has 0 unspecified atom stereocenters. The molecule has 4 rings (SSSR count). The monoisotopic (exact) mass is 540 g/mol. The summed E-state index contributed by atoms with van der Waals surface area (Å²) >= 11 is 6.83. The zero-order valence-electron chi connectivity index (χ0n) is 19.8. The number of methoxy groups -OCH3 is 1. The zero-order valence-corrected chi connectivity index (χ0v) is 21.4. The molecule has 3 amide bonds. The molecule has 0 radical (unpaired) electrons. The van der Waals surface area contributed by atoms with E-state index in [9.17, 15) is 19.2 Å². The highest BCUT2D eigenvalue weighted by atomic mass is 35.5. The molecule has 1 aliphatic rings. The van der Waals surface area contributed by atoms with Gasteiger partial charge in [-0.15, -0.1) is 0 Å². The first-order valence-electron chi connectivity index (χ1n) is 11.0. The van der Waals surface area contributed by atoms with Crippen molar-refractivity contribution in [3.63, 3.8) is 0 Å². The third-order valence-corrected chi connectivity index (χ3v) is 6.43. The van der Waals surface area contributed by atoms with Crippen molar-refractivity contribution >= 4 is 58.1 Å². The Balaban J connectivity index is 1.45. The van der Waals surface area contributed by atoms with Crippen LogP contribution in [-0.2, 0) is 14.3 Å². The highest BCUT2D eigenvalue weighted by molar-refractivity contribution is 8.18. The SMILES string of the molecule is CCOC(=O)c1cc(-c2ccc(/C=C3/SC(=O)N(CC(=O)Nc4ccc(OC)cc4)C3=O)o2)ccc1Cl. The van der Waals surface area contributed by atoms with E-state index in [-0.39, 0.29) is 22.1 Å². The average molecular weight is 541 g/mol. The number of rotatable bonds is 8. The van der Waals surface area contributed by atoms with Crippen molar-refractivity contribution in [3.8, 4) is 17.1 Å². The number of halogens is 1. The van der Waals surface area contributed by atoms with Crippen molar-refractivity contribution < 1.29 is 33.1 Å². The second-order valence-corrected chi connectivity index (χ2v) is 9.06. The molecule has 2 aromatic carbocycles. The number of thioether (sulfide) groups is 1. The number of furan rings is 1. The van der Waals surface area contributed by atoms with Crippen molar-refractivity contribution in [2.24, 2.45) is 0 Å². The van der Waals surface area contributed by atoms with Gasteiger partial charge in [-0.25, -0.2) is 4.79 Å². The van der Waals surface area contributed by atoms with Crippen LogP contribution in [0.25, 0.3) is 17.4 Å². The molecule has 1 saturated heterocycles. The number of amides is 3. The van der Waals surface area contributed by atoms with Gasteiger partial charge in [-0.3, -0.25) is 19.3 Å². The predicted molar refractivity (Wildman–Crippen MR) is 139 cm³/mol. The average Bonchev–Trinajstić information content (AvgIpc) is 3.45. The molecule has 3 aromatic rings. The molecule has 0 saturated carbocycles. The van der Waals surface area contributed by atoms with Crippen LogP contribution < -0.4 is 10.1 Å². The van der Waals surface area contributed by atoms with Crippen molar-refractivity contribution in [3.05, 3.63) is 75.8 Å². The molecular weight excluding hydrogens is 520 g/mol. The number of ether oxygens (including phenoxy) is 2. The molecule has 2 heterocycles. The van der Waals surface area contributed by atoms with Crippen LogP contribution >= 0.6 is 23.4 Å². The lowest BCUT2D eigenvalue weighted by molar-refractivity contribution is -0.127. The van der Waals surface area contributed by atoms with Gasteiger partial charge in [0.1, 0.15) is 23.8 Å². The van der Waals surface area contributed by atoms with Gasteiger partial charge in [-0.05, 0) is 73.3 Å². The van der Waals surface area contributed by atoms with Gasteiger partial charge in [0.15, 0.2) is 0 Å². The summed E-state index contributed by atoms with van der Waals surface area (Å²) in [6.45, 7) is 1.48. The maximum absolute atomic E-state index is 12.8. The summed E-state index contributed by atoms with van der Waals surface area (Å²) in [5.74, 6) is -0.304. The third kappa shape index (κ3) is 6.04. The molecule has 0 aliphatic carbocycles. The van der Waals surface area contributed by atoms with E-state index < -0.39 is 29.6 Å². The van der Waals surface area contributed by atoms with Gasteiger partial charge in [-0.1, -0.05) is 11.6 Å². The molecule has 37 heavy (non-hydrogen) atoms. The minimum atomic E-state index is -0.603. The van der Waals surface area contributed by atoms with E-state index in [1.807, 2.05) is 0 Å². The summed E-state index contributed by atoms with van der Waals surface area (Å²) in [7, 11) is 1.53. The summed E-state index contributed by atoms with van der Waals surface area (Å²) in [5, 5.41) is 2.33. The van der Waals surface area contributed by atoms with Gasteiger partial charge in [0, 0.05) is 17.3 Å². The van der Waals surface area contributed by atoms with E-state index in [0.29, 0.717) is 40.3 Å². The number of carbonyl (C=O) groups excluding carboxylic acids is 4. The number of nitrogens with zero attached hydrogens (tertiary/aromatic N) is 1. The van der Waals surface area contributed by atoms with Crippen molar-refractivity contribution in [1.29, 1.82) is 0 Å². The normalized spacial score (nSPS) is 14.2. The first kappa shape index (κ1) is 26.1. The minimum absolute atomic E-state index is 0.117. The van der Waals surface area contributed by atoms with E-state index in [1.165, 1.54) is 13.2 Å². The molecule has 190 valence electrons. The fraction of sp³-hybridized carbons (Fsp3) is 0.154. The van der Waals surface area contributed by atoms with Crippen LogP contribution in [0.2, 0.25) is 5.02 Å². The lowest BCUT2D eigenvalue weighted by atomic mass is 10.1. The number of hydrogen-bond acceptors (Lipinski definition) is 8. The van der Waals surface area contributed by atoms with Crippen LogP contribution in [0, 0.1) is 0 Å². The Hall–Kier alpha value is -4.02. The lowest BCUT2D eigenvalue weighted by Crippen LogP contribution is -2.36. The summed E-state index contributed by atoms with van der Waals surface area (Å²) in [6.07, 6.45) is 1.43. The van der Waals surface area contributed by atoms with E-state index in [1.54, 1.807) is 61.5 Å². The van der Waals surface area contributed by atoms with E-state index >= 15 is 0 Å². The van der Waals surface area contributed by atoms with Crippen LogP contribution in [0.15, 0.2) is 63.9 Å². The second-order valence-electron chi connectivity index (χ2n) is 7.66. The smallest absolute Gasteiger partial charge is 0.339 e. The molecule has 1 aromatic heterocycles. The summed E-state index contributed by atoms with van der Waals surface area (Å²) in [4.78, 5) is 50.7. The van der Waals surface area contributed by atoms with Gasteiger partial charge >= 0.3 is 5.97 Å².